The number of carbonyl (C=O) groups excluding carboxylic acids is 1. The molecule has 0 bridgehead atoms. The fraction of sp³-hybridized carbons (Fsp3) is 0.286. The molecule has 0 unspecified atom stereocenters. The highest BCUT2D eigenvalue weighted by Gasteiger charge is 2.05. The summed E-state index contributed by atoms with van der Waals surface area (Å²) < 4.78 is 0. The molecular formula is C14H16N2OS. The molecule has 1 N–H and O–H groups in total. The van der Waals surface area contributed by atoms with Crippen molar-refractivity contribution in [1.29, 1.82) is 0 Å². The zero-order chi connectivity index (χ0) is 13.0. The van der Waals surface area contributed by atoms with E-state index in [0.29, 0.717) is 13.0 Å². The molecule has 0 aliphatic carbocycles. The monoisotopic (exact) mass is 260 g/mol. The molecule has 0 radical (unpaired) electrons. The van der Waals surface area contributed by atoms with Crippen molar-refractivity contribution in [1.82, 2.24) is 10.3 Å². The van der Waals surface area contributed by atoms with Gasteiger partial charge in [0.15, 0.2) is 0 Å². The van der Waals surface area contributed by atoms with Crippen LogP contribution in [0, 0.1) is 13.8 Å². The van der Waals surface area contributed by atoms with Crippen LogP contribution in [0.4, 0.5) is 0 Å². The van der Waals surface area contributed by atoms with E-state index in [9.17, 15) is 4.79 Å². The lowest BCUT2D eigenvalue weighted by Gasteiger charge is -2.04. The van der Waals surface area contributed by atoms with E-state index in [4.69, 9.17) is 0 Å². The summed E-state index contributed by atoms with van der Waals surface area (Å²) >= 11 is 1.61. The van der Waals surface area contributed by atoms with E-state index in [1.54, 1.807) is 11.3 Å². The highest BCUT2D eigenvalue weighted by Crippen LogP contribution is 2.10. The van der Waals surface area contributed by atoms with Gasteiger partial charge in [0, 0.05) is 11.1 Å². The Bertz CT molecular complexity index is 548. The Labute approximate surface area is 111 Å². The van der Waals surface area contributed by atoms with Gasteiger partial charge in [0.2, 0.25) is 5.91 Å². The molecule has 1 aromatic heterocycles. The summed E-state index contributed by atoms with van der Waals surface area (Å²) in [6.45, 7) is 4.55. The van der Waals surface area contributed by atoms with Gasteiger partial charge in [-0.1, -0.05) is 29.8 Å². The van der Waals surface area contributed by atoms with Crippen LogP contribution in [-0.4, -0.2) is 10.9 Å². The van der Waals surface area contributed by atoms with E-state index in [2.05, 4.69) is 10.3 Å². The van der Waals surface area contributed by atoms with Crippen molar-refractivity contribution in [2.24, 2.45) is 0 Å². The highest BCUT2D eigenvalue weighted by atomic mass is 32.1. The molecule has 1 aromatic carbocycles. The van der Waals surface area contributed by atoms with Gasteiger partial charge in [0.1, 0.15) is 5.01 Å². The lowest BCUT2D eigenvalue weighted by Crippen LogP contribution is -2.24. The molecule has 0 aliphatic heterocycles. The Morgan fingerprint density at radius 3 is 2.89 bits per heavy atom. The summed E-state index contributed by atoms with van der Waals surface area (Å²) in [7, 11) is 0. The van der Waals surface area contributed by atoms with E-state index in [1.165, 1.54) is 5.56 Å². The van der Waals surface area contributed by atoms with Crippen molar-refractivity contribution < 1.29 is 4.79 Å². The smallest absolute Gasteiger partial charge is 0.224 e. The number of hydrogen-bond acceptors (Lipinski definition) is 3. The summed E-state index contributed by atoms with van der Waals surface area (Å²) in [5.74, 6) is 0.0356. The quantitative estimate of drug-likeness (QED) is 0.918. The average molecular weight is 260 g/mol. The maximum atomic E-state index is 11.8. The number of aryl methyl sites for hydroxylation is 2. The molecule has 18 heavy (non-hydrogen) atoms. The van der Waals surface area contributed by atoms with E-state index in [0.717, 1.165) is 15.4 Å². The number of thiazole rings is 1. The summed E-state index contributed by atoms with van der Waals surface area (Å²) in [5.41, 5.74) is 2.22. The van der Waals surface area contributed by atoms with Gasteiger partial charge in [-0.2, -0.15) is 0 Å². The molecule has 2 aromatic rings. The molecule has 0 atom stereocenters. The van der Waals surface area contributed by atoms with Crippen LogP contribution < -0.4 is 5.32 Å². The van der Waals surface area contributed by atoms with Gasteiger partial charge in [0.05, 0.1) is 13.0 Å². The second-order valence-corrected chi connectivity index (χ2v) is 5.63. The van der Waals surface area contributed by atoms with Crippen LogP contribution in [0.1, 0.15) is 21.0 Å². The first-order valence-electron chi connectivity index (χ1n) is 5.87. The summed E-state index contributed by atoms with van der Waals surface area (Å²) in [5, 5.41) is 3.84. The first kappa shape index (κ1) is 12.8. The number of nitrogens with one attached hydrogen (secondary N) is 1. The second kappa shape index (κ2) is 5.78. The number of hydrogen-bond donors (Lipinski definition) is 1. The minimum Gasteiger partial charge on any atom is -0.349 e. The van der Waals surface area contributed by atoms with Gasteiger partial charge < -0.3 is 5.32 Å². The van der Waals surface area contributed by atoms with Crippen LogP contribution >= 0.6 is 11.3 Å². The maximum absolute atomic E-state index is 11.8. The molecule has 0 fully saturated rings. The van der Waals surface area contributed by atoms with Gasteiger partial charge in [-0.25, -0.2) is 4.98 Å². The van der Waals surface area contributed by atoms with Crippen molar-refractivity contribution in [2.45, 2.75) is 26.8 Å². The second-order valence-electron chi connectivity index (χ2n) is 4.31. The average Bonchev–Trinajstić information content (AvgIpc) is 2.73. The molecule has 1 amide bonds. The van der Waals surface area contributed by atoms with Crippen molar-refractivity contribution in [3.8, 4) is 0 Å². The minimum atomic E-state index is 0.0356. The van der Waals surface area contributed by atoms with E-state index in [-0.39, 0.29) is 5.91 Å². The molecule has 0 spiro atoms. The van der Waals surface area contributed by atoms with Crippen LogP contribution in [0.25, 0.3) is 0 Å². The summed E-state index contributed by atoms with van der Waals surface area (Å²) in [4.78, 5) is 17.1. The lowest BCUT2D eigenvalue weighted by atomic mass is 10.1. The predicted molar refractivity (Wildman–Crippen MR) is 73.6 cm³/mol. The van der Waals surface area contributed by atoms with Gasteiger partial charge in [-0.05, 0) is 19.4 Å². The molecule has 0 saturated carbocycles. The molecule has 4 heteroatoms. The number of carbonyl (C=O) groups is 1. The number of amides is 1. The van der Waals surface area contributed by atoms with Crippen molar-refractivity contribution >= 4 is 17.2 Å². The fourth-order valence-corrected chi connectivity index (χ4v) is 2.45. The Balaban J connectivity index is 1.85. The third-order valence-electron chi connectivity index (χ3n) is 2.55. The molecule has 2 rings (SSSR count). The van der Waals surface area contributed by atoms with Gasteiger partial charge in [0.25, 0.3) is 0 Å². The number of rotatable bonds is 4. The van der Waals surface area contributed by atoms with E-state index < -0.39 is 0 Å². The van der Waals surface area contributed by atoms with Crippen LogP contribution in [-0.2, 0) is 17.8 Å². The summed E-state index contributed by atoms with van der Waals surface area (Å²) in [6.07, 6.45) is 2.25. The molecular weight excluding hydrogens is 244 g/mol. The van der Waals surface area contributed by atoms with Gasteiger partial charge >= 0.3 is 0 Å². The molecule has 3 nitrogen and oxygen atoms in total. The SMILES string of the molecule is Cc1cccc(CC(=O)NCc2ncc(C)s2)c1. The highest BCUT2D eigenvalue weighted by molar-refractivity contribution is 7.11. The first-order valence-corrected chi connectivity index (χ1v) is 6.68. The maximum Gasteiger partial charge on any atom is 0.224 e. The third-order valence-corrected chi connectivity index (χ3v) is 3.47. The standard InChI is InChI=1S/C14H16N2OS/c1-10-4-3-5-12(6-10)7-13(17)15-9-14-16-8-11(2)18-14/h3-6,8H,7,9H2,1-2H3,(H,15,17). The number of benzene rings is 1. The normalized spacial score (nSPS) is 10.3. The Morgan fingerprint density at radius 1 is 1.39 bits per heavy atom. The predicted octanol–water partition coefficient (Wildman–Crippen LogP) is 2.62. The Kier molecular flexibility index (Phi) is 4.10. The van der Waals surface area contributed by atoms with Crippen molar-refractivity contribution in [3.05, 3.63) is 51.5 Å². The molecule has 1 heterocycles. The fourth-order valence-electron chi connectivity index (χ4n) is 1.73. The van der Waals surface area contributed by atoms with Crippen LogP contribution in [0.15, 0.2) is 30.5 Å². The first-order chi connectivity index (χ1) is 8.63. The third kappa shape index (κ3) is 3.67. The van der Waals surface area contributed by atoms with Crippen LogP contribution in [0.2, 0.25) is 0 Å². The van der Waals surface area contributed by atoms with Crippen molar-refractivity contribution in [2.75, 3.05) is 0 Å². The van der Waals surface area contributed by atoms with Gasteiger partial charge in [-0.15, -0.1) is 11.3 Å². The van der Waals surface area contributed by atoms with Crippen LogP contribution in [0.3, 0.4) is 0 Å². The zero-order valence-electron chi connectivity index (χ0n) is 10.6. The number of aromatic nitrogens is 1. The number of nitrogens with zero attached hydrogens (tertiary/aromatic N) is 1. The molecule has 0 aliphatic rings. The Hall–Kier alpha value is -1.68. The lowest BCUT2D eigenvalue weighted by molar-refractivity contribution is -0.120. The zero-order valence-corrected chi connectivity index (χ0v) is 11.4. The largest absolute Gasteiger partial charge is 0.349 e. The van der Waals surface area contributed by atoms with Crippen LogP contribution in [0.5, 0.6) is 0 Å². The van der Waals surface area contributed by atoms with E-state index in [1.807, 2.05) is 44.3 Å². The minimum absolute atomic E-state index is 0.0356. The van der Waals surface area contributed by atoms with Gasteiger partial charge in [-0.3, -0.25) is 4.79 Å². The molecule has 94 valence electrons. The Morgan fingerprint density at radius 2 is 2.22 bits per heavy atom. The van der Waals surface area contributed by atoms with E-state index >= 15 is 0 Å². The van der Waals surface area contributed by atoms with Crippen molar-refractivity contribution in [3.63, 3.8) is 0 Å². The summed E-state index contributed by atoms with van der Waals surface area (Å²) in [6, 6.07) is 8.01. The topological polar surface area (TPSA) is 42.0 Å². The molecule has 0 saturated heterocycles.